The van der Waals surface area contributed by atoms with Gasteiger partial charge in [-0.1, -0.05) is 25.4 Å². The predicted octanol–water partition coefficient (Wildman–Crippen LogP) is 5.99. The minimum atomic E-state index is -0.415. The number of halogens is 2. The van der Waals surface area contributed by atoms with Gasteiger partial charge in [-0.15, -0.1) is 0 Å². The van der Waals surface area contributed by atoms with Crippen LogP contribution in [-0.4, -0.2) is 58.4 Å². The summed E-state index contributed by atoms with van der Waals surface area (Å²) in [4.78, 5) is 15.0. The van der Waals surface area contributed by atoms with Crippen LogP contribution in [-0.2, 0) is 16.0 Å². The first-order valence-corrected chi connectivity index (χ1v) is 13.4. The van der Waals surface area contributed by atoms with Gasteiger partial charge < -0.3 is 15.2 Å². The van der Waals surface area contributed by atoms with Gasteiger partial charge in [-0.3, -0.25) is 9.88 Å². The first-order chi connectivity index (χ1) is 17.8. The fraction of sp³-hybridized carbons (Fsp3) is 0.536. The number of anilines is 1. The summed E-state index contributed by atoms with van der Waals surface area (Å²) in [6.07, 6.45) is 7.17. The van der Waals surface area contributed by atoms with Gasteiger partial charge in [-0.25, -0.2) is 14.4 Å². The Hall–Kier alpha value is -2.39. The number of rotatable bonds is 4. The number of fused-ring (bicyclic) bond motifs is 1. The largest absolute Gasteiger partial charge is 0.381 e. The number of nitrogens with zero attached hydrogens (tertiary/aromatic N) is 4. The highest BCUT2D eigenvalue weighted by Gasteiger charge is 2.27. The molecular weight excluding hydrogens is 493 g/mol. The first kappa shape index (κ1) is 27.6. The second kappa shape index (κ2) is 12.4. The smallest absolute Gasteiger partial charge is 0.220 e. The summed E-state index contributed by atoms with van der Waals surface area (Å²) in [6.45, 7) is 12.7. The van der Waals surface area contributed by atoms with Crippen LogP contribution in [0.2, 0.25) is 5.02 Å². The summed E-state index contributed by atoms with van der Waals surface area (Å²) < 4.78 is 25.9. The Kier molecular flexibility index (Phi) is 9.29. The third-order valence-electron chi connectivity index (χ3n) is 6.94. The SMILES string of the molecule is C1CCOCC1.CC(C)c1c(CN2C(C)COCC2C)cnc2c(F)cc(-c3nc(N)ncc3Cl)cc12. The topological polar surface area (TPSA) is 86.4 Å². The molecular formula is C28H37ClFN5O2. The molecule has 200 valence electrons. The Balaban J connectivity index is 0.000000469. The molecule has 37 heavy (non-hydrogen) atoms. The lowest BCUT2D eigenvalue weighted by atomic mass is 9.91. The summed E-state index contributed by atoms with van der Waals surface area (Å²) in [7, 11) is 0. The average Bonchev–Trinajstić information content (AvgIpc) is 2.88. The van der Waals surface area contributed by atoms with Crippen LogP contribution in [0.3, 0.4) is 0 Å². The molecule has 2 atom stereocenters. The number of pyridine rings is 1. The Labute approximate surface area is 223 Å². The molecule has 0 bridgehead atoms. The van der Waals surface area contributed by atoms with Crippen molar-refractivity contribution in [2.75, 3.05) is 32.2 Å². The molecule has 0 saturated carbocycles. The molecule has 7 nitrogen and oxygen atoms in total. The van der Waals surface area contributed by atoms with E-state index < -0.39 is 5.82 Å². The van der Waals surface area contributed by atoms with E-state index in [2.05, 4.69) is 47.5 Å². The van der Waals surface area contributed by atoms with Gasteiger partial charge in [0.15, 0.2) is 0 Å². The highest BCUT2D eigenvalue weighted by Crippen LogP contribution is 2.35. The van der Waals surface area contributed by atoms with E-state index in [1.54, 1.807) is 0 Å². The van der Waals surface area contributed by atoms with Gasteiger partial charge in [0.25, 0.3) is 0 Å². The van der Waals surface area contributed by atoms with Crippen molar-refractivity contribution in [3.8, 4) is 11.3 Å². The molecule has 9 heteroatoms. The number of morpholine rings is 1. The van der Waals surface area contributed by atoms with Crippen molar-refractivity contribution in [3.05, 3.63) is 46.5 Å². The zero-order valence-electron chi connectivity index (χ0n) is 22.1. The molecule has 2 aromatic heterocycles. The van der Waals surface area contributed by atoms with E-state index in [0.717, 1.165) is 36.3 Å². The molecule has 2 aliphatic heterocycles. The number of hydrogen-bond acceptors (Lipinski definition) is 7. The van der Waals surface area contributed by atoms with Gasteiger partial charge in [0.1, 0.15) is 11.3 Å². The number of benzene rings is 1. The number of ether oxygens (including phenoxy) is 2. The van der Waals surface area contributed by atoms with Crippen LogP contribution in [0, 0.1) is 5.82 Å². The second-order valence-electron chi connectivity index (χ2n) is 10.2. The fourth-order valence-corrected chi connectivity index (χ4v) is 5.28. The van der Waals surface area contributed by atoms with E-state index in [0.29, 0.717) is 47.1 Å². The monoisotopic (exact) mass is 529 g/mol. The molecule has 0 aliphatic carbocycles. The van der Waals surface area contributed by atoms with E-state index in [1.807, 2.05) is 12.3 Å². The third-order valence-corrected chi connectivity index (χ3v) is 7.22. The van der Waals surface area contributed by atoms with Gasteiger partial charge in [0.2, 0.25) is 5.95 Å². The predicted molar refractivity (Wildman–Crippen MR) is 146 cm³/mol. The van der Waals surface area contributed by atoms with Crippen LogP contribution in [0.5, 0.6) is 0 Å². The maximum absolute atomic E-state index is 15.1. The quantitative estimate of drug-likeness (QED) is 0.444. The summed E-state index contributed by atoms with van der Waals surface area (Å²) in [5.74, 6) is -0.152. The van der Waals surface area contributed by atoms with Crippen LogP contribution in [0.15, 0.2) is 24.5 Å². The summed E-state index contributed by atoms with van der Waals surface area (Å²) in [5, 5.41) is 1.09. The van der Waals surface area contributed by atoms with Gasteiger partial charge in [0, 0.05) is 49.0 Å². The van der Waals surface area contributed by atoms with E-state index >= 15 is 4.39 Å². The molecule has 3 aromatic rings. The third kappa shape index (κ3) is 6.55. The molecule has 0 amide bonds. The average molecular weight is 530 g/mol. The Morgan fingerprint density at radius 1 is 1.05 bits per heavy atom. The Morgan fingerprint density at radius 3 is 2.35 bits per heavy atom. The molecule has 1 aromatic carbocycles. The van der Waals surface area contributed by atoms with Gasteiger partial charge >= 0.3 is 0 Å². The van der Waals surface area contributed by atoms with Crippen molar-refractivity contribution in [1.82, 2.24) is 19.9 Å². The molecule has 0 spiro atoms. The van der Waals surface area contributed by atoms with E-state index in [-0.39, 0.29) is 11.9 Å². The van der Waals surface area contributed by atoms with Gasteiger partial charge in [-0.05, 0) is 62.3 Å². The zero-order valence-corrected chi connectivity index (χ0v) is 22.9. The molecule has 2 saturated heterocycles. The fourth-order valence-electron chi connectivity index (χ4n) is 5.08. The van der Waals surface area contributed by atoms with Crippen molar-refractivity contribution >= 4 is 28.5 Å². The number of nitrogen functional groups attached to an aromatic ring is 1. The van der Waals surface area contributed by atoms with Crippen molar-refractivity contribution < 1.29 is 13.9 Å². The van der Waals surface area contributed by atoms with Crippen LogP contribution in [0.4, 0.5) is 10.3 Å². The van der Waals surface area contributed by atoms with Gasteiger partial charge in [-0.2, -0.15) is 0 Å². The van der Waals surface area contributed by atoms with Crippen molar-refractivity contribution in [2.24, 2.45) is 0 Å². The standard InChI is InChI=1S/C23H27ClFN5O.C5H10O/c1-12(2)20-16(9-30-13(3)10-31-11-14(30)4)7-27-22-17(20)5-15(6-19(22)25)21-18(24)8-28-23(26)29-21;1-2-4-6-5-3-1/h5-8,12-14H,9-11H2,1-4H3,(H2,26,28,29);1-5H2. The highest BCUT2D eigenvalue weighted by atomic mass is 35.5. The minimum absolute atomic E-state index is 0.0890. The Bertz CT molecular complexity index is 1200. The minimum Gasteiger partial charge on any atom is -0.381 e. The number of aromatic nitrogens is 3. The molecule has 2 aliphatic rings. The highest BCUT2D eigenvalue weighted by molar-refractivity contribution is 6.33. The van der Waals surface area contributed by atoms with Crippen LogP contribution < -0.4 is 5.73 Å². The number of nitrogens with two attached hydrogens (primary N) is 1. The second-order valence-corrected chi connectivity index (χ2v) is 10.6. The van der Waals surface area contributed by atoms with Crippen molar-refractivity contribution in [1.29, 1.82) is 0 Å². The maximum atomic E-state index is 15.1. The zero-order chi connectivity index (χ0) is 26.5. The molecule has 0 radical (unpaired) electrons. The van der Waals surface area contributed by atoms with Crippen molar-refractivity contribution in [3.63, 3.8) is 0 Å². The lowest BCUT2D eigenvalue weighted by Gasteiger charge is -2.39. The molecule has 5 rings (SSSR count). The van der Waals surface area contributed by atoms with Crippen LogP contribution in [0.25, 0.3) is 22.2 Å². The Morgan fingerprint density at radius 2 is 1.76 bits per heavy atom. The first-order valence-electron chi connectivity index (χ1n) is 13.1. The lowest BCUT2D eigenvalue weighted by Crippen LogP contribution is -2.49. The number of hydrogen-bond donors (Lipinski definition) is 1. The van der Waals surface area contributed by atoms with E-state index in [4.69, 9.17) is 26.8 Å². The molecule has 4 heterocycles. The van der Waals surface area contributed by atoms with Crippen LogP contribution in [0.1, 0.15) is 64.0 Å². The van der Waals surface area contributed by atoms with Gasteiger partial charge in [0.05, 0.1) is 30.1 Å². The molecule has 2 unspecified atom stereocenters. The van der Waals surface area contributed by atoms with Crippen molar-refractivity contribution in [2.45, 2.75) is 71.5 Å². The van der Waals surface area contributed by atoms with E-state index in [9.17, 15) is 0 Å². The van der Waals surface area contributed by atoms with Crippen LogP contribution >= 0.6 is 11.6 Å². The summed E-state index contributed by atoms with van der Waals surface area (Å²) >= 11 is 6.29. The molecule has 2 N–H and O–H groups in total. The lowest BCUT2D eigenvalue weighted by molar-refractivity contribution is -0.0411. The summed E-state index contributed by atoms with van der Waals surface area (Å²) in [6, 6.07) is 3.90. The van der Waals surface area contributed by atoms with E-state index in [1.165, 1.54) is 31.5 Å². The molecule has 2 fully saturated rings. The summed E-state index contributed by atoms with van der Waals surface area (Å²) in [5.41, 5.74) is 9.22. The maximum Gasteiger partial charge on any atom is 0.220 e. The normalized spacial score (nSPS) is 20.6.